The Morgan fingerprint density at radius 3 is 2.61 bits per heavy atom. The van der Waals surface area contributed by atoms with Gasteiger partial charge >= 0.3 is 6.18 Å². The average molecular weight is 607 g/mol. The second-order valence-electron chi connectivity index (χ2n) is 10.0. The minimum atomic E-state index is -4.74. The van der Waals surface area contributed by atoms with Gasteiger partial charge in [-0.3, -0.25) is 14.9 Å². The van der Waals surface area contributed by atoms with E-state index in [1.54, 1.807) is 18.5 Å². The molecule has 230 valence electrons. The Hall–Kier alpha value is -4.84. The standard InChI is InChI=1S/C29H27F3N6O2.C3H6O/c1-17-9-10-34-24(15-38-11-5-7-23(28(38)39)29(30,31)32)22(17)16-40-25-8-4-6-20-21(12-18(2)36-27(20)25)26-19(13-33-3)14-35-37-26;1-2-3-4/h4-12,14,33H,13,15-16H2,1-3H3,(H,35,37);3H,2H2,1H3. The number of rotatable bonds is 9. The van der Waals surface area contributed by atoms with Crippen molar-refractivity contribution in [2.45, 2.75) is 53.1 Å². The van der Waals surface area contributed by atoms with Crippen molar-refractivity contribution in [2.24, 2.45) is 0 Å². The highest BCUT2D eigenvalue weighted by Gasteiger charge is 2.34. The van der Waals surface area contributed by atoms with E-state index in [4.69, 9.17) is 9.72 Å². The fraction of sp³-hybridized carbons (Fsp3) is 0.281. The molecule has 0 amide bonds. The monoisotopic (exact) mass is 606 g/mol. The zero-order valence-corrected chi connectivity index (χ0v) is 24.8. The summed E-state index contributed by atoms with van der Waals surface area (Å²) in [6.45, 7) is 6.18. The van der Waals surface area contributed by atoms with Gasteiger partial charge in [0.2, 0.25) is 0 Å². The van der Waals surface area contributed by atoms with E-state index in [1.165, 1.54) is 12.3 Å². The number of hydrogen-bond donors (Lipinski definition) is 2. The van der Waals surface area contributed by atoms with Crippen molar-refractivity contribution in [3.8, 4) is 17.0 Å². The number of aromatic nitrogens is 5. The molecule has 0 fully saturated rings. The van der Waals surface area contributed by atoms with Gasteiger partial charge in [-0.1, -0.05) is 19.1 Å². The van der Waals surface area contributed by atoms with Crippen LogP contribution < -0.4 is 15.6 Å². The maximum absolute atomic E-state index is 13.3. The Bertz CT molecular complexity index is 1810. The zero-order valence-electron chi connectivity index (χ0n) is 24.8. The Kier molecular flexibility index (Phi) is 10.3. The number of alkyl halides is 3. The van der Waals surface area contributed by atoms with E-state index >= 15 is 0 Å². The highest BCUT2D eigenvalue weighted by atomic mass is 19.4. The number of benzene rings is 1. The number of pyridine rings is 3. The molecule has 0 aliphatic carbocycles. The van der Waals surface area contributed by atoms with Crippen molar-refractivity contribution < 1.29 is 22.7 Å². The number of nitrogens with one attached hydrogen (secondary N) is 2. The molecular formula is C32H33F3N6O3. The first kappa shape index (κ1) is 32.1. The van der Waals surface area contributed by atoms with Crippen molar-refractivity contribution in [3.63, 3.8) is 0 Å². The minimum absolute atomic E-state index is 0.0852. The highest BCUT2D eigenvalue weighted by Crippen LogP contribution is 2.34. The number of carbonyl (C=O) groups is 1. The number of aromatic amines is 1. The van der Waals surface area contributed by atoms with Gasteiger partial charge in [-0.25, -0.2) is 4.98 Å². The molecule has 4 aromatic heterocycles. The molecule has 12 heteroatoms. The molecule has 0 saturated heterocycles. The molecule has 0 spiro atoms. The van der Waals surface area contributed by atoms with E-state index in [0.29, 0.717) is 35.5 Å². The van der Waals surface area contributed by atoms with Crippen LogP contribution in [0.5, 0.6) is 5.75 Å². The van der Waals surface area contributed by atoms with Gasteiger partial charge in [0, 0.05) is 53.1 Å². The number of H-pyrrole nitrogens is 1. The summed E-state index contributed by atoms with van der Waals surface area (Å²) >= 11 is 0. The lowest BCUT2D eigenvalue weighted by molar-refractivity contribution is -0.139. The topological polar surface area (TPSA) is 115 Å². The van der Waals surface area contributed by atoms with Gasteiger partial charge in [-0.05, 0) is 56.8 Å². The molecule has 0 atom stereocenters. The first-order chi connectivity index (χ1) is 21.1. The van der Waals surface area contributed by atoms with Crippen molar-refractivity contribution >= 4 is 17.2 Å². The summed E-state index contributed by atoms with van der Waals surface area (Å²) in [4.78, 5) is 30.8. The number of hydrogen-bond acceptors (Lipinski definition) is 7. The zero-order chi connectivity index (χ0) is 31.9. The third kappa shape index (κ3) is 7.20. The average Bonchev–Trinajstić information content (AvgIpc) is 3.45. The number of halogens is 3. The van der Waals surface area contributed by atoms with Gasteiger partial charge in [0.25, 0.3) is 5.56 Å². The second kappa shape index (κ2) is 14.1. The van der Waals surface area contributed by atoms with Gasteiger partial charge in [0.1, 0.15) is 29.7 Å². The summed E-state index contributed by atoms with van der Waals surface area (Å²) in [6, 6.07) is 11.4. The van der Waals surface area contributed by atoms with E-state index in [2.05, 4.69) is 20.5 Å². The smallest absolute Gasteiger partial charge is 0.421 e. The number of para-hydroxylation sites is 1. The van der Waals surface area contributed by atoms with Crippen LogP contribution in [0.4, 0.5) is 13.2 Å². The number of carbonyl (C=O) groups excluding carboxylic acids is 1. The number of aryl methyl sites for hydroxylation is 2. The van der Waals surface area contributed by atoms with Crippen LogP contribution in [0, 0.1) is 13.8 Å². The minimum Gasteiger partial charge on any atom is -0.487 e. The lowest BCUT2D eigenvalue weighted by Crippen LogP contribution is -2.29. The quantitative estimate of drug-likeness (QED) is 0.205. The van der Waals surface area contributed by atoms with E-state index in [1.807, 2.05) is 52.1 Å². The van der Waals surface area contributed by atoms with Crippen LogP contribution in [0.2, 0.25) is 0 Å². The fourth-order valence-corrected chi connectivity index (χ4v) is 4.71. The van der Waals surface area contributed by atoms with Crippen LogP contribution in [-0.4, -0.2) is 38.1 Å². The van der Waals surface area contributed by atoms with Crippen LogP contribution in [0.1, 0.15) is 47.0 Å². The molecule has 0 aliphatic rings. The van der Waals surface area contributed by atoms with Crippen LogP contribution in [-0.2, 0) is 30.7 Å². The van der Waals surface area contributed by atoms with E-state index in [-0.39, 0.29) is 13.2 Å². The van der Waals surface area contributed by atoms with Gasteiger partial charge in [0.05, 0.1) is 24.1 Å². The lowest BCUT2D eigenvalue weighted by atomic mass is 10.0. The van der Waals surface area contributed by atoms with Gasteiger partial charge in [0.15, 0.2) is 0 Å². The molecule has 9 nitrogen and oxygen atoms in total. The molecule has 0 saturated carbocycles. The summed E-state index contributed by atoms with van der Waals surface area (Å²) in [7, 11) is 1.87. The van der Waals surface area contributed by atoms with Crippen molar-refractivity contribution in [1.82, 2.24) is 30.0 Å². The third-order valence-electron chi connectivity index (χ3n) is 6.85. The summed E-state index contributed by atoms with van der Waals surface area (Å²) in [6.07, 6.45) is 1.45. The number of aldehydes is 1. The molecule has 1 aromatic carbocycles. The molecule has 44 heavy (non-hydrogen) atoms. The van der Waals surface area contributed by atoms with Crippen LogP contribution in [0.15, 0.2) is 65.8 Å². The molecule has 0 bridgehead atoms. The summed E-state index contributed by atoms with van der Waals surface area (Å²) < 4.78 is 47.2. The Morgan fingerprint density at radius 2 is 1.91 bits per heavy atom. The maximum atomic E-state index is 13.3. The molecular weight excluding hydrogens is 573 g/mol. The van der Waals surface area contributed by atoms with E-state index < -0.39 is 17.3 Å². The SMILES string of the molecule is CCC=O.CNCc1cn[nH]c1-c1cc(C)nc2c(OCc3c(C)ccnc3Cn3cccc(C(F)(F)F)c3=O)cccc12. The molecule has 0 radical (unpaired) electrons. The largest absolute Gasteiger partial charge is 0.487 e. The molecule has 2 N–H and O–H groups in total. The lowest BCUT2D eigenvalue weighted by Gasteiger charge is -2.16. The molecule has 0 aliphatic heterocycles. The van der Waals surface area contributed by atoms with Gasteiger partial charge in [-0.15, -0.1) is 0 Å². The first-order valence-corrected chi connectivity index (χ1v) is 13.9. The van der Waals surface area contributed by atoms with Crippen molar-refractivity contribution in [1.29, 1.82) is 0 Å². The molecule has 0 unspecified atom stereocenters. The summed E-state index contributed by atoms with van der Waals surface area (Å²) in [5.74, 6) is 0.544. The fourth-order valence-electron chi connectivity index (χ4n) is 4.71. The summed E-state index contributed by atoms with van der Waals surface area (Å²) in [5.41, 5.74) is 3.93. The number of nitrogens with zero attached hydrogens (tertiary/aromatic N) is 4. The predicted molar refractivity (Wildman–Crippen MR) is 161 cm³/mol. The predicted octanol–water partition coefficient (Wildman–Crippen LogP) is 5.76. The van der Waals surface area contributed by atoms with Crippen LogP contribution >= 0.6 is 0 Å². The molecule has 5 aromatic rings. The highest BCUT2D eigenvalue weighted by molar-refractivity contribution is 5.97. The van der Waals surface area contributed by atoms with Crippen LogP contribution in [0.3, 0.4) is 0 Å². The third-order valence-corrected chi connectivity index (χ3v) is 6.85. The Balaban J connectivity index is 0.00000104. The van der Waals surface area contributed by atoms with Crippen LogP contribution in [0.25, 0.3) is 22.2 Å². The summed E-state index contributed by atoms with van der Waals surface area (Å²) in [5, 5.41) is 11.3. The van der Waals surface area contributed by atoms with E-state index in [0.717, 1.165) is 50.4 Å². The number of ether oxygens (including phenoxy) is 1. The number of fused-ring (bicyclic) bond motifs is 1. The second-order valence-corrected chi connectivity index (χ2v) is 10.0. The molecule has 5 rings (SSSR count). The van der Waals surface area contributed by atoms with Gasteiger partial charge in [-0.2, -0.15) is 18.3 Å². The molecule has 4 heterocycles. The van der Waals surface area contributed by atoms with Crippen molar-refractivity contribution in [2.75, 3.05) is 7.05 Å². The van der Waals surface area contributed by atoms with E-state index in [9.17, 15) is 22.8 Å². The Morgan fingerprint density at radius 1 is 1.14 bits per heavy atom. The normalized spacial score (nSPS) is 11.2. The first-order valence-electron chi connectivity index (χ1n) is 13.9. The Labute approximate surface area is 252 Å². The maximum Gasteiger partial charge on any atom is 0.421 e. The van der Waals surface area contributed by atoms with Gasteiger partial charge < -0.3 is 19.4 Å². The van der Waals surface area contributed by atoms with Crippen molar-refractivity contribution in [3.05, 3.63) is 105 Å².